The minimum atomic E-state index is -0.446. The van der Waals surface area contributed by atoms with Crippen molar-refractivity contribution >= 4 is 23.4 Å². The predicted molar refractivity (Wildman–Crippen MR) is 108 cm³/mol. The Balaban J connectivity index is 1.74. The Labute approximate surface area is 167 Å². The lowest BCUT2D eigenvalue weighted by Gasteiger charge is -2.12. The minimum absolute atomic E-state index is 0.241. The monoisotopic (exact) mass is 400 g/mol. The molecule has 0 aliphatic rings. The van der Waals surface area contributed by atoms with E-state index >= 15 is 0 Å². The Bertz CT molecular complexity index is 1010. The molecule has 0 spiro atoms. The summed E-state index contributed by atoms with van der Waals surface area (Å²) in [5, 5.41) is 11.3. The number of thioether (sulfide) groups is 1. The average molecular weight is 400 g/mol. The van der Waals surface area contributed by atoms with E-state index in [-0.39, 0.29) is 11.7 Å². The van der Waals surface area contributed by atoms with E-state index in [0.717, 1.165) is 5.56 Å². The van der Waals surface area contributed by atoms with Crippen LogP contribution in [0.25, 0.3) is 11.4 Å². The first kappa shape index (κ1) is 19.9. The molecule has 0 unspecified atom stereocenters. The van der Waals surface area contributed by atoms with Crippen LogP contribution >= 0.6 is 11.8 Å². The number of carbonyl (C=O) groups is 1. The zero-order valence-corrected chi connectivity index (χ0v) is 16.9. The predicted octanol–water partition coefficient (Wildman–Crippen LogP) is 4.06. The highest BCUT2D eigenvalue weighted by molar-refractivity contribution is 8.00. The number of para-hydroxylation sites is 1. The van der Waals surface area contributed by atoms with Gasteiger partial charge in [0.2, 0.25) is 5.91 Å². The van der Waals surface area contributed by atoms with Crippen molar-refractivity contribution in [2.75, 3.05) is 12.4 Å². The maximum absolute atomic E-state index is 13.7. The van der Waals surface area contributed by atoms with Gasteiger partial charge in [0.05, 0.1) is 17.9 Å². The van der Waals surface area contributed by atoms with Crippen LogP contribution in [-0.2, 0) is 11.8 Å². The molecule has 146 valence electrons. The van der Waals surface area contributed by atoms with Crippen molar-refractivity contribution < 1.29 is 13.9 Å². The first-order chi connectivity index (χ1) is 13.4. The van der Waals surface area contributed by atoms with Crippen molar-refractivity contribution in [3.8, 4) is 17.1 Å². The van der Waals surface area contributed by atoms with E-state index in [0.29, 0.717) is 28.0 Å². The number of hydrogen-bond acceptors (Lipinski definition) is 5. The standard InChI is InChI=1S/C20H21FN4O2S/c1-12-9-10-14(11-16(12)21)22-19(26)13(2)28-20-24-23-18(25(20)3)15-7-5-6-8-17(15)27-4/h5-11,13H,1-4H3,(H,22,26)/t13-/m1/s1. The highest BCUT2D eigenvalue weighted by atomic mass is 32.2. The molecule has 8 heteroatoms. The summed E-state index contributed by atoms with van der Waals surface area (Å²) in [6.45, 7) is 3.44. The molecule has 0 radical (unpaired) electrons. The summed E-state index contributed by atoms with van der Waals surface area (Å²) < 4.78 is 20.9. The topological polar surface area (TPSA) is 69.0 Å². The number of rotatable bonds is 6. The third kappa shape index (κ3) is 4.17. The molecule has 3 rings (SSSR count). The maximum Gasteiger partial charge on any atom is 0.237 e. The van der Waals surface area contributed by atoms with Crippen molar-refractivity contribution in [2.24, 2.45) is 7.05 Å². The Morgan fingerprint density at radius 3 is 2.71 bits per heavy atom. The number of methoxy groups -OCH3 is 1. The summed E-state index contributed by atoms with van der Waals surface area (Å²) in [5.41, 5.74) is 1.77. The number of aromatic nitrogens is 3. The van der Waals surface area contributed by atoms with Gasteiger partial charge in [0.15, 0.2) is 11.0 Å². The number of nitrogens with one attached hydrogen (secondary N) is 1. The molecule has 2 aromatic carbocycles. The molecule has 0 aliphatic heterocycles. The van der Waals surface area contributed by atoms with E-state index < -0.39 is 5.25 Å². The second-order valence-corrected chi connectivity index (χ2v) is 7.59. The van der Waals surface area contributed by atoms with Crippen LogP contribution in [0.5, 0.6) is 5.75 Å². The summed E-state index contributed by atoms with van der Waals surface area (Å²) in [6.07, 6.45) is 0. The molecule has 3 aromatic rings. The minimum Gasteiger partial charge on any atom is -0.496 e. The van der Waals surface area contributed by atoms with E-state index in [9.17, 15) is 9.18 Å². The van der Waals surface area contributed by atoms with E-state index in [2.05, 4.69) is 15.5 Å². The van der Waals surface area contributed by atoms with E-state index in [1.165, 1.54) is 17.8 Å². The molecule has 1 aromatic heterocycles. The van der Waals surface area contributed by atoms with Crippen LogP contribution in [0, 0.1) is 12.7 Å². The second-order valence-electron chi connectivity index (χ2n) is 6.28. The molecule has 1 atom stereocenters. The van der Waals surface area contributed by atoms with Crippen molar-refractivity contribution in [1.29, 1.82) is 0 Å². The Morgan fingerprint density at radius 1 is 1.25 bits per heavy atom. The van der Waals surface area contributed by atoms with Crippen molar-refractivity contribution in [1.82, 2.24) is 14.8 Å². The summed E-state index contributed by atoms with van der Waals surface area (Å²) >= 11 is 1.28. The Kier molecular flexibility index (Phi) is 5.99. The van der Waals surface area contributed by atoms with Gasteiger partial charge in [-0.2, -0.15) is 0 Å². The summed E-state index contributed by atoms with van der Waals surface area (Å²) in [7, 11) is 3.44. The number of hydrogen-bond donors (Lipinski definition) is 1. The molecule has 0 aliphatic carbocycles. The Morgan fingerprint density at radius 2 is 2.00 bits per heavy atom. The van der Waals surface area contributed by atoms with Gasteiger partial charge in [0, 0.05) is 12.7 Å². The molecule has 1 N–H and O–H groups in total. The third-order valence-corrected chi connectivity index (χ3v) is 5.41. The molecule has 0 fully saturated rings. The molecule has 0 saturated heterocycles. The molecule has 1 heterocycles. The van der Waals surface area contributed by atoms with Crippen LogP contribution in [-0.4, -0.2) is 33.0 Å². The quantitative estimate of drug-likeness (QED) is 0.632. The van der Waals surface area contributed by atoms with Crippen LogP contribution in [0.15, 0.2) is 47.6 Å². The van der Waals surface area contributed by atoms with Crippen LogP contribution in [0.1, 0.15) is 12.5 Å². The molecule has 1 amide bonds. The van der Waals surface area contributed by atoms with Gasteiger partial charge in [-0.3, -0.25) is 4.79 Å². The number of benzene rings is 2. The SMILES string of the molecule is COc1ccccc1-c1nnc(S[C@H](C)C(=O)Nc2ccc(C)c(F)c2)n1C. The van der Waals surface area contributed by atoms with Gasteiger partial charge in [0.1, 0.15) is 11.6 Å². The van der Waals surface area contributed by atoms with Crippen molar-refractivity contribution in [2.45, 2.75) is 24.3 Å². The van der Waals surface area contributed by atoms with Crippen LogP contribution in [0.2, 0.25) is 0 Å². The fraction of sp³-hybridized carbons (Fsp3) is 0.250. The fourth-order valence-electron chi connectivity index (χ4n) is 2.61. The van der Waals surface area contributed by atoms with Gasteiger partial charge < -0.3 is 14.6 Å². The van der Waals surface area contributed by atoms with Gasteiger partial charge in [0.25, 0.3) is 0 Å². The van der Waals surface area contributed by atoms with Crippen LogP contribution in [0.3, 0.4) is 0 Å². The lowest BCUT2D eigenvalue weighted by molar-refractivity contribution is -0.115. The molecule has 0 bridgehead atoms. The molecule has 6 nitrogen and oxygen atoms in total. The zero-order chi connectivity index (χ0) is 20.3. The number of amides is 1. The number of aryl methyl sites for hydroxylation is 1. The largest absolute Gasteiger partial charge is 0.496 e. The number of carbonyl (C=O) groups excluding carboxylic acids is 1. The lowest BCUT2D eigenvalue weighted by atomic mass is 10.2. The summed E-state index contributed by atoms with van der Waals surface area (Å²) in [5.74, 6) is 0.748. The summed E-state index contributed by atoms with van der Waals surface area (Å²) in [6, 6.07) is 12.2. The third-order valence-electron chi connectivity index (χ3n) is 4.27. The van der Waals surface area contributed by atoms with Gasteiger partial charge >= 0.3 is 0 Å². The number of ether oxygens (including phenoxy) is 1. The zero-order valence-electron chi connectivity index (χ0n) is 16.1. The maximum atomic E-state index is 13.7. The number of anilines is 1. The van der Waals surface area contributed by atoms with Crippen LogP contribution < -0.4 is 10.1 Å². The van der Waals surface area contributed by atoms with Crippen molar-refractivity contribution in [3.05, 3.63) is 53.8 Å². The molecule has 0 saturated carbocycles. The smallest absolute Gasteiger partial charge is 0.237 e. The van der Waals surface area contributed by atoms with Gasteiger partial charge in [-0.15, -0.1) is 10.2 Å². The molecule has 28 heavy (non-hydrogen) atoms. The highest BCUT2D eigenvalue weighted by Crippen LogP contribution is 2.31. The highest BCUT2D eigenvalue weighted by Gasteiger charge is 2.21. The summed E-state index contributed by atoms with van der Waals surface area (Å²) in [4.78, 5) is 12.5. The number of halogens is 1. The van der Waals surface area contributed by atoms with Gasteiger partial charge in [-0.05, 0) is 43.7 Å². The normalized spacial score (nSPS) is 11.9. The van der Waals surface area contributed by atoms with Gasteiger partial charge in [-0.1, -0.05) is 30.0 Å². The van der Waals surface area contributed by atoms with Gasteiger partial charge in [-0.25, -0.2) is 4.39 Å². The van der Waals surface area contributed by atoms with E-state index in [1.54, 1.807) is 33.1 Å². The number of nitrogens with zero attached hydrogens (tertiary/aromatic N) is 3. The van der Waals surface area contributed by atoms with E-state index in [1.807, 2.05) is 35.9 Å². The molecular weight excluding hydrogens is 379 g/mol. The first-order valence-electron chi connectivity index (χ1n) is 8.67. The second kappa shape index (κ2) is 8.43. The molecular formula is C20H21FN4O2S. The first-order valence-corrected chi connectivity index (χ1v) is 9.55. The Hall–Kier alpha value is -2.87. The fourth-order valence-corrected chi connectivity index (χ4v) is 3.42. The average Bonchev–Trinajstić information content (AvgIpc) is 3.04. The van der Waals surface area contributed by atoms with Crippen LogP contribution in [0.4, 0.5) is 10.1 Å². The van der Waals surface area contributed by atoms with E-state index in [4.69, 9.17) is 4.74 Å². The lowest BCUT2D eigenvalue weighted by Crippen LogP contribution is -2.23. The van der Waals surface area contributed by atoms with Crippen molar-refractivity contribution in [3.63, 3.8) is 0 Å².